The summed E-state index contributed by atoms with van der Waals surface area (Å²) >= 11 is 5.69. The minimum Gasteiger partial charge on any atom is -0.486 e. The molecule has 0 aliphatic carbocycles. The van der Waals surface area contributed by atoms with E-state index in [1.54, 1.807) is 19.1 Å². The van der Waals surface area contributed by atoms with Crippen molar-refractivity contribution in [3.8, 4) is 0 Å². The molecule has 92 valence electrons. The molecule has 0 aromatic heterocycles. The largest absolute Gasteiger partial charge is 0.486 e. The van der Waals surface area contributed by atoms with Crippen molar-refractivity contribution in [1.29, 1.82) is 0 Å². The molecule has 1 rings (SSSR count). The fraction of sp³-hybridized carbons (Fsp3) is 0.538. The number of hydrogen-bond donors (Lipinski definition) is 0. The monoisotopic (exact) mass is 244 g/mol. The first-order chi connectivity index (χ1) is 7.47. The van der Waals surface area contributed by atoms with E-state index in [-0.39, 0.29) is 0 Å². The van der Waals surface area contributed by atoms with Gasteiger partial charge in [-0.25, -0.2) is 0 Å². The molecule has 0 radical (unpaired) electrons. The summed E-state index contributed by atoms with van der Waals surface area (Å²) in [6, 6.07) is 0. The topological polar surface area (TPSA) is 18.5 Å². The van der Waals surface area contributed by atoms with E-state index in [9.17, 15) is 0 Å². The van der Waals surface area contributed by atoms with Gasteiger partial charge in [0.05, 0.1) is 0 Å². The highest BCUT2D eigenvalue weighted by molar-refractivity contribution is 6.29. The average molecular weight is 245 g/mol. The van der Waals surface area contributed by atoms with Gasteiger partial charge in [0.1, 0.15) is 13.2 Å². The van der Waals surface area contributed by atoms with Crippen molar-refractivity contribution in [2.24, 2.45) is 5.92 Å². The summed E-state index contributed by atoms with van der Waals surface area (Å²) in [4.78, 5) is 0. The van der Waals surface area contributed by atoms with E-state index in [0.29, 0.717) is 29.8 Å². The first-order valence-corrected chi connectivity index (χ1v) is 5.81. The lowest BCUT2D eigenvalue weighted by molar-refractivity contribution is 0.0769. The van der Waals surface area contributed by atoms with Crippen molar-refractivity contribution in [3.05, 3.63) is 35.3 Å². The Balaban J connectivity index is 0.000000487. The van der Waals surface area contributed by atoms with Crippen molar-refractivity contribution in [1.82, 2.24) is 0 Å². The smallest absolute Gasteiger partial charge is 0.162 e. The third-order valence-electron chi connectivity index (χ3n) is 1.36. The molecule has 0 unspecified atom stereocenters. The van der Waals surface area contributed by atoms with Gasteiger partial charge in [0.2, 0.25) is 0 Å². The van der Waals surface area contributed by atoms with E-state index in [1.165, 1.54) is 0 Å². The molecule has 1 aliphatic rings. The van der Waals surface area contributed by atoms with Gasteiger partial charge in [0.15, 0.2) is 11.5 Å². The van der Waals surface area contributed by atoms with Gasteiger partial charge < -0.3 is 9.47 Å². The van der Waals surface area contributed by atoms with Crippen LogP contribution in [-0.2, 0) is 9.47 Å². The maximum Gasteiger partial charge on any atom is 0.162 e. The van der Waals surface area contributed by atoms with Gasteiger partial charge in [-0.3, -0.25) is 0 Å². The molecular formula is C13H21ClO2. The van der Waals surface area contributed by atoms with Gasteiger partial charge in [-0.05, 0) is 25.0 Å². The number of ether oxygens (including phenoxy) is 2. The molecule has 0 atom stereocenters. The van der Waals surface area contributed by atoms with E-state index in [2.05, 4.69) is 27.4 Å². The van der Waals surface area contributed by atoms with Gasteiger partial charge >= 0.3 is 0 Å². The molecule has 0 aromatic carbocycles. The summed E-state index contributed by atoms with van der Waals surface area (Å²) < 4.78 is 10.6. The second-order valence-corrected chi connectivity index (χ2v) is 4.69. The second-order valence-electron chi connectivity index (χ2n) is 4.09. The predicted molar refractivity (Wildman–Crippen MR) is 69.2 cm³/mol. The van der Waals surface area contributed by atoms with Crippen LogP contribution in [0.3, 0.4) is 0 Å². The normalized spacial score (nSPS) is 16.0. The zero-order valence-electron chi connectivity index (χ0n) is 10.5. The van der Waals surface area contributed by atoms with E-state index in [1.807, 2.05) is 0 Å². The molecule has 0 bridgehead atoms. The molecule has 0 N–H and O–H groups in total. The Morgan fingerprint density at radius 3 is 2.06 bits per heavy atom. The van der Waals surface area contributed by atoms with Crippen molar-refractivity contribution in [3.63, 3.8) is 0 Å². The minimum absolute atomic E-state index is 0.563. The summed E-state index contributed by atoms with van der Waals surface area (Å²) in [6.07, 6.45) is 3.34. The molecule has 0 saturated heterocycles. The van der Waals surface area contributed by atoms with Crippen molar-refractivity contribution in [2.75, 3.05) is 13.2 Å². The van der Waals surface area contributed by atoms with Crippen molar-refractivity contribution >= 4 is 11.6 Å². The van der Waals surface area contributed by atoms with Crippen LogP contribution in [0, 0.1) is 5.92 Å². The molecule has 16 heavy (non-hydrogen) atoms. The maximum atomic E-state index is 5.69. The van der Waals surface area contributed by atoms with Gasteiger partial charge in [-0.15, -0.1) is 0 Å². The van der Waals surface area contributed by atoms with Crippen LogP contribution in [0.1, 0.15) is 27.7 Å². The van der Waals surface area contributed by atoms with Gasteiger partial charge in [0, 0.05) is 5.03 Å². The summed E-state index contributed by atoms with van der Waals surface area (Å²) in [5.41, 5.74) is 0. The van der Waals surface area contributed by atoms with E-state index in [0.717, 1.165) is 5.92 Å². The summed E-state index contributed by atoms with van der Waals surface area (Å²) in [5.74, 6) is 2.14. The lowest BCUT2D eigenvalue weighted by atomic mass is 10.3. The van der Waals surface area contributed by atoms with Crippen LogP contribution in [0.25, 0.3) is 0 Å². The minimum atomic E-state index is 0.563. The summed E-state index contributed by atoms with van der Waals surface area (Å²) in [5, 5.41) is 0.662. The summed E-state index contributed by atoms with van der Waals surface area (Å²) in [7, 11) is 0. The molecule has 3 heteroatoms. The van der Waals surface area contributed by atoms with Gasteiger partial charge in [-0.1, -0.05) is 39.0 Å². The second kappa shape index (κ2) is 8.28. The number of allylic oxidation sites excluding steroid dienone is 3. The maximum absolute atomic E-state index is 5.69. The molecular weight excluding hydrogens is 224 g/mol. The van der Waals surface area contributed by atoms with Crippen LogP contribution in [-0.4, -0.2) is 13.2 Å². The fourth-order valence-corrected chi connectivity index (χ4v) is 0.998. The average Bonchev–Trinajstić information content (AvgIpc) is 2.17. The molecule has 2 nitrogen and oxygen atoms in total. The van der Waals surface area contributed by atoms with Crippen LogP contribution in [0.15, 0.2) is 35.3 Å². The Morgan fingerprint density at radius 2 is 1.69 bits per heavy atom. The Bertz CT molecular complexity index is 271. The first kappa shape index (κ1) is 15.1. The van der Waals surface area contributed by atoms with E-state index >= 15 is 0 Å². The Morgan fingerprint density at radius 1 is 1.25 bits per heavy atom. The molecule has 0 saturated carbocycles. The molecule has 0 spiro atoms. The highest BCUT2D eigenvalue weighted by Crippen LogP contribution is 2.17. The highest BCUT2D eigenvalue weighted by atomic mass is 35.5. The van der Waals surface area contributed by atoms with Crippen LogP contribution >= 0.6 is 11.6 Å². The first-order valence-electron chi connectivity index (χ1n) is 5.43. The third-order valence-corrected chi connectivity index (χ3v) is 1.47. The molecule has 0 fully saturated rings. The Kier molecular flexibility index (Phi) is 7.82. The lowest BCUT2D eigenvalue weighted by Crippen LogP contribution is -2.11. The standard InChI is InChI=1S/C9H11ClO2.C4H10/c1-3-8-9(6-7(2)10)12-5-4-11-8;1-4(2)3/h3,6H,1,4-5H2,2H3;4H,1-3H3/b7-6+;. The van der Waals surface area contributed by atoms with Crippen LogP contribution in [0.5, 0.6) is 0 Å². The fourth-order valence-electron chi connectivity index (χ4n) is 0.898. The molecule has 1 heterocycles. The zero-order valence-corrected chi connectivity index (χ0v) is 11.3. The quantitative estimate of drug-likeness (QED) is 0.724. The zero-order chi connectivity index (χ0) is 12.6. The molecule has 0 aromatic rings. The molecule has 1 aliphatic heterocycles. The molecule has 0 amide bonds. The highest BCUT2D eigenvalue weighted by Gasteiger charge is 2.09. The van der Waals surface area contributed by atoms with Gasteiger partial charge in [0.25, 0.3) is 0 Å². The predicted octanol–water partition coefficient (Wildman–Crippen LogP) is 4.24. The van der Waals surface area contributed by atoms with E-state index < -0.39 is 0 Å². The van der Waals surface area contributed by atoms with Crippen LogP contribution in [0.2, 0.25) is 0 Å². The van der Waals surface area contributed by atoms with Crippen LogP contribution in [0.4, 0.5) is 0 Å². The van der Waals surface area contributed by atoms with Gasteiger partial charge in [-0.2, -0.15) is 0 Å². The van der Waals surface area contributed by atoms with Crippen molar-refractivity contribution in [2.45, 2.75) is 27.7 Å². The third kappa shape index (κ3) is 7.41. The Hall–Kier alpha value is -0.890. The number of halogens is 1. The Labute approximate surface area is 104 Å². The number of rotatable bonds is 2. The summed E-state index contributed by atoms with van der Waals surface area (Å²) in [6.45, 7) is 13.0. The SMILES string of the molecule is C=CC1=C(/C=C(\C)Cl)OCCO1.CC(C)C. The number of hydrogen-bond acceptors (Lipinski definition) is 2. The van der Waals surface area contributed by atoms with Crippen molar-refractivity contribution < 1.29 is 9.47 Å². The van der Waals surface area contributed by atoms with Crippen LogP contribution < -0.4 is 0 Å². The lowest BCUT2D eigenvalue weighted by Gasteiger charge is -2.18. The van der Waals surface area contributed by atoms with E-state index in [4.69, 9.17) is 21.1 Å².